The number of amides is 1. The number of carbonyl (C=O) groups excluding carboxylic acids is 2. The quantitative estimate of drug-likeness (QED) is 0.318. The lowest BCUT2D eigenvalue weighted by molar-refractivity contribution is -0.124. The van der Waals surface area contributed by atoms with Crippen LogP contribution in [0.1, 0.15) is 54.4 Å². The Bertz CT molecular complexity index is 688. The van der Waals surface area contributed by atoms with Crippen molar-refractivity contribution in [1.29, 1.82) is 0 Å². The summed E-state index contributed by atoms with van der Waals surface area (Å²) in [5, 5.41) is 12.1. The molecule has 138 valence electrons. The van der Waals surface area contributed by atoms with Gasteiger partial charge in [-0.2, -0.15) is 0 Å². The first-order valence-corrected chi connectivity index (χ1v) is 9.56. The molecule has 0 heterocycles. The summed E-state index contributed by atoms with van der Waals surface area (Å²) < 4.78 is 0. The summed E-state index contributed by atoms with van der Waals surface area (Å²) in [6.45, 7) is 0.397. The van der Waals surface area contributed by atoms with Crippen molar-refractivity contribution in [2.24, 2.45) is 17.8 Å². The SMILES string of the molecule is O=C(/C=C/c1ccc(C(=O)CNC23CC4CC(CC(C4)C2)C3)cc1)NO. The fourth-order valence-corrected chi connectivity index (χ4v) is 5.69. The van der Waals surface area contributed by atoms with Crippen molar-refractivity contribution in [1.82, 2.24) is 10.8 Å². The summed E-state index contributed by atoms with van der Waals surface area (Å²) >= 11 is 0. The summed E-state index contributed by atoms with van der Waals surface area (Å²) in [6, 6.07) is 7.19. The summed E-state index contributed by atoms with van der Waals surface area (Å²) in [7, 11) is 0. The Hall–Kier alpha value is -1.98. The summed E-state index contributed by atoms with van der Waals surface area (Å²) in [5.74, 6) is 2.14. The number of nitrogens with one attached hydrogen (secondary N) is 2. The van der Waals surface area contributed by atoms with Gasteiger partial charge in [0.25, 0.3) is 5.91 Å². The molecule has 0 atom stereocenters. The molecule has 0 aliphatic heterocycles. The van der Waals surface area contributed by atoms with Crippen LogP contribution in [0.25, 0.3) is 6.08 Å². The molecule has 4 bridgehead atoms. The second-order valence-electron chi connectivity index (χ2n) is 8.41. The van der Waals surface area contributed by atoms with Gasteiger partial charge < -0.3 is 5.32 Å². The maximum Gasteiger partial charge on any atom is 0.267 e. The van der Waals surface area contributed by atoms with Crippen molar-refractivity contribution >= 4 is 17.8 Å². The second kappa shape index (κ2) is 6.97. The third kappa shape index (κ3) is 3.60. The first-order valence-electron chi connectivity index (χ1n) is 9.56. The minimum atomic E-state index is -0.579. The van der Waals surface area contributed by atoms with Gasteiger partial charge in [0.15, 0.2) is 5.78 Å². The van der Waals surface area contributed by atoms with Gasteiger partial charge in [-0.05, 0) is 67.9 Å². The number of rotatable bonds is 6. The molecule has 4 aliphatic rings. The Kier molecular flexibility index (Phi) is 4.67. The maximum absolute atomic E-state index is 12.6. The van der Waals surface area contributed by atoms with Crippen LogP contribution in [0.3, 0.4) is 0 Å². The average Bonchev–Trinajstić information content (AvgIpc) is 2.63. The largest absolute Gasteiger partial charge is 0.304 e. The van der Waals surface area contributed by atoms with Crippen molar-refractivity contribution < 1.29 is 14.8 Å². The number of ketones is 1. The molecule has 3 N–H and O–H groups in total. The molecule has 5 rings (SSSR count). The third-order valence-corrected chi connectivity index (χ3v) is 6.43. The van der Waals surface area contributed by atoms with Crippen LogP contribution in [0.4, 0.5) is 0 Å². The predicted octanol–water partition coefficient (Wildman–Crippen LogP) is 2.95. The average molecular weight is 354 g/mol. The predicted molar refractivity (Wildman–Crippen MR) is 98.6 cm³/mol. The summed E-state index contributed by atoms with van der Waals surface area (Å²) in [6.07, 6.45) is 10.8. The number of benzene rings is 1. The number of Topliss-reactive ketones (excluding diaryl/α,β-unsaturated/α-hetero) is 1. The van der Waals surface area contributed by atoms with Crippen molar-refractivity contribution in [3.05, 3.63) is 41.5 Å². The van der Waals surface area contributed by atoms with Gasteiger partial charge in [0.1, 0.15) is 0 Å². The van der Waals surface area contributed by atoms with E-state index in [1.54, 1.807) is 35.8 Å². The van der Waals surface area contributed by atoms with Gasteiger partial charge in [-0.15, -0.1) is 0 Å². The topological polar surface area (TPSA) is 78.4 Å². The van der Waals surface area contributed by atoms with Crippen molar-refractivity contribution in [3.63, 3.8) is 0 Å². The van der Waals surface area contributed by atoms with E-state index in [9.17, 15) is 9.59 Å². The minimum absolute atomic E-state index is 0.115. The van der Waals surface area contributed by atoms with E-state index in [4.69, 9.17) is 5.21 Å². The second-order valence-corrected chi connectivity index (χ2v) is 8.41. The number of hydrogen-bond acceptors (Lipinski definition) is 4. The smallest absolute Gasteiger partial charge is 0.267 e. The van der Waals surface area contributed by atoms with Gasteiger partial charge in [-0.25, -0.2) is 5.48 Å². The highest BCUT2D eigenvalue weighted by molar-refractivity contribution is 5.98. The molecule has 0 saturated heterocycles. The number of hydroxylamine groups is 1. The standard InChI is InChI=1S/C21H26N2O3/c24-19(18-4-1-14(2-5-18)3-6-20(25)23-26)13-22-21-10-15-7-16(11-21)9-17(8-15)12-21/h1-6,15-17,22,26H,7-13H2,(H,23,25)/b6-3+. The van der Waals surface area contributed by atoms with Crippen molar-refractivity contribution in [2.75, 3.05) is 6.54 Å². The lowest BCUT2D eigenvalue weighted by Crippen LogP contribution is -2.59. The van der Waals surface area contributed by atoms with E-state index in [2.05, 4.69) is 5.32 Å². The molecule has 0 spiro atoms. The van der Waals surface area contributed by atoms with Gasteiger partial charge in [0, 0.05) is 17.2 Å². The molecule has 5 nitrogen and oxygen atoms in total. The molecular weight excluding hydrogens is 328 g/mol. The molecule has 4 saturated carbocycles. The minimum Gasteiger partial charge on any atom is -0.304 e. The molecule has 5 heteroatoms. The molecule has 1 amide bonds. The molecule has 1 aromatic rings. The first kappa shape index (κ1) is 17.4. The van der Waals surface area contributed by atoms with E-state index >= 15 is 0 Å². The van der Waals surface area contributed by atoms with Crippen LogP contribution in [-0.2, 0) is 4.79 Å². The Morgan fingerprint density at radius 2 is 1.62 bits per heavy atom. The fraction of sp³-hybridized carbons (Fsp3) is 0.524. The van der Waals surface area contributed by atoms with Crippen LogP contribution >= 0.6 is 0 Å². The molecule has 0 aromatic heterocycles. The summed E-state index contributed by atoms with van der Waals surface area (Å²) in [4.78, 5) is 23.6. The Balaban J connectivity index is 1.35. The monoisotopic (exact) mass is 354 g/mol. The van der Waals surface area contributed by atoms with E-state index in [0.29, 0.717) is 12.1 Å². The summed E-state index contributed by atoms with van der Waals surface area (Å²) in [5.41, 5.74) is 3.24. The zero-order valence-corrected chi connectivity index (χ0v) is 14.9. The van der Waals surface area contributed by atoms with Crippen LogP contribution in [0.15, 0.2) is 30.3 Å². The lowest BCUT2D eigenvalue weighted by Gasteiger charge is -2.57. The lowest BCUT2D eigenvalue weighted by atomic mass is 9.53. The van der Waals surface area contributed by atoms with E-state index in [0.717, 1.165) is 23.3 Å². The zero-order chi connectivity index (χ0) is 18.1. The van der Waals surface area contributed by atoms with Crippen LogP contribution in [0.5, 0.6) is 0 Å². The van der Waals surface area contributed by atoms with E-state index < -0.39 is 5.91 Å². The van der Waals surface area contributed by atoms with Gasteiger partial charge in [-0.3, -0.25) is 14.8 Å². The van der Waals surface area contributed by atoms with Crippen molar-refractivity contribution in [3.8, 4) is 0 Å². The van der Waals surface area contributed by atoms with E-state index in [-0.39, 0.29) is 11.3 Å². The highest BCUT2D eigenvalue weighted by Crippen LogP contribution is 2.55. The Morgan fingerprint density at radius 3 is 2.15 bits per heavy atom. The number of hydrogen-bond donors (Lipinski definition) is 3. The van der Waals surface area contributed by atoms with Crippen LogP contribution < -0.4 is 10.8 Å². The molecule has 1 aromatic carbocycles. The highest BCUT2D eigenvalue weighted by Gasteiger charge is 2.50. The zero-order valence-electron chi connectivity index (χ0n) is 14.9. The van der Waals surface area contributed by atoms with Crippen LogP contribution in [-0.4, -0.2) is 29.0 Å². The van der Waals surface area contributed by atoms with Crippen LogP contribution in [0, 0.1) is 17.8 Å². The Morgan fingerprint density at radius 1 is 1.04 bits per heavy atom. The molecule has 4 fully saturated rings. The third-order valence-electron chi connectivity index (χ3n) is 6.43. The molecule has 0 unspecified atom stereocenters. The van der Waals surface area contributed by atoms with Gasteiger partial charge in [0.2, 0.25) is 0 Å². The number of carbonyl (C=O) groups is 2. The fourth-order valence-electron chi connectivity index (χ4n) is 5.69. The molecule has 4 aliphatic carbocycles. The maximum atomic E-state index is 12.6. The molecular formula is C21H26N2O3. The van der Waals surface area contributed by atoms with Gasteiger partial charge in [0.05, 0.1) is 6.54 Å². The van der Waals surface area contributed by atoms with E-state index in [1.807, 2.05) is 0 Å². The van der Waals surface area contributed by atoms with Crippen LogP contribution in [0.2, 0.25) is 0 Å². The van der Waals surface area contributed by atoms with Crippen molar-refractivity contribution in [2.45, 2.75) is 44.1 Å². The Labute approximate surface area is 153 Å². The normalized spacial score (nSPS) is 32.1. The molecule has 26 heavy (non-hydrogen) atoms. The van der Waals surface area contributed by atoms with E-state index in [1.165, 1.54) is 44.6 Å². The van der Waals surface area contributed by atoms with Gasteiger partial charge in [-0.1, -0.05) is 24.3 Å². The highest BCUT2D eigenvalue weighted by atomic mass is 16.5. The van der Waals surface area contributed by atoms with Gasteiger partial charge >= 0.3 is 0 Å². The first-order chi connectivity index (χ1) is 12.5. The molecule has 0 radical (unpaired) electrons.